The Morgan fingerprint density at radius 2 is 1.78 bits per heavy atom. The summed E-state index contributed by atoms with van der Waals surface area (Å²) in [5, 5.41) is 15.7. The topological polar surface area (TPSA) is 46.8 Å². The molecular formula is C22H17BrN2O2. The van der Waals surface area contributed by atoms with Crippen LogP contribution in [0, 0.1) is 0 Å². The van der Waals surface area contributed by atoms with Crippen molar-refractivity contribution < 1.29 is 9.84 Å². The number of fused-ring (bicyclic) bond motifs is 1. The lowest BCUT2D eigenvalue weighted by molar-refractivity contribution is 0.372. The summed E-state index contributed by atoms with van der Waals surface area (Å²) >= 11 is 3.34. The second kappa shape index (κ2) is 7.29. The van der Waals surface area contributed by atoms with Crippen LogP contribution in [0.4, 0.5) is 0 Å². The van der Waals surface area contributed by atoms with Gasteiger partial charge in [-0.2, -0.15) is 5.10 Å². The van der Waals surface area contributed by atoms with E-state index in [1.54, 1.807) is 18.3 Å². The number of phenolic OH excluding ortho intramolecular Hbond substituents is 1. The Labute approximate surface area is 165 Å². The average molecular weight is 421 g/mol. The van der Waals surface area contributed by atoms with Crippen molar-refractivity contribution in [3.63, 3.8) is 0 Å². The molecule has 27 heavy (non-hydrogen) atoms. The Kier molecular flexibility index (Phi) is 4.69. The largest absolute Gasteiger partial charge is 0.503 e. The number of rotatable bonds is 4. The van der Waals surface area contributed by atoms with E-state index < -0.39 is 0 Å². The molecule has 0 radical (unpaired) electrons. The van der Waals surface area contributed by atoms with Crippen LogP contribution in [0.5, 0.6) is 11.5 Å². The summed E-state index contributed by atoms with van der Waals surface area (Å²) in [6.45, 7) is 0. The standard InChI is InChI=1S/C22H17BrN2O2/c1-27-21-12-15(11-19(23)22(21)26)13-24-25-14-18(16-7-3-2-4-8-16)17-9-5-6-10-20(17)25/h2-14,26H,1H3/b24-13+. The van der Waals surface area contributed by atoms with Crippen molar-refractivity contribution in [2.75, 3.05) is 7.11 Å². The zero-order valence-electron chi connectivity index (χ0n) is 14.6. The summed E-state index contributed by atoms with van der Waals surface area (Å²) in [6, 6.07) is 22.0. The third kappa shape index (κ3) is 3.34. The quantitative estimate of drug-likeness (QED) is 0.432. The maximum atomic E-state index is 9.96. The Morgan fingerprint density at radius 1 is 1.04 bits per heavy atom. The van der Waals surface area contributed by atoms with Gasteiger partial charge in [0.1, 0.15) is 0 Å². The highest BCUT2D eigenvalue weighted by atomic mass is 79.9. The first kappa shape index (κ1) is 17.4. The molecule has 0 aliphatic rings. The molecule has 1 aromatic heterocycles. The molecule has 0 spiro atoms. The number of methoxy groups -OCH3 is 1. The van der Waals surface area contributed by atoms with Crippen LogP contribution in [0.1, 0.15) is 5.56 Å². The molecule has 1 N–H and O–H groups in total. The van der Waals surface area contributed by atoms with Gasteiger partial charge in [-0.05, 0) is 45.3 Å². The molecule has 0 bridgehead atoms. The summed E-state index contributed by atoms with van der Waals surface area (Å²) < 4.78 is 7.63. The van der Waals surface area contributed by atoms with Crippen molar-refractivity contribution >= 4 is 33.0 Å². The van der Waals surface area contributed by atoms with Crippen molar-refractivity contribution in [2.45, 2.75) is 0 Å². The van der Waals surface area contributed by atoms with Crippen molar-refractivity contribution in [2.24, 2.45) is 5.10 Å². The van der Waals surface area contributed by atoms with Gasteiger partial charge in [0.15, 0.2) is 11.5 Å². The van der Waals surface area contributed by atoms with Gasteiger partial charge in [0.05, 0.1) is 23.3 Å². The van der Waals surface area contributed by atoms with E-state index in [0.29, 0.717) is 10.2 Å². The SMILES string of the molecule is COc1cc(/C=N/n2cc(-c3ccccc3)c3ccccc32)cc(Br)c1O. The molecule has 0 fully saturated rings. The minimum Gasteiger partial charge on any atom is -0.503 e. The van der Waals surface area contributed by atoms with Crippen LogP contribution in [0.2, 0.25) is 0 Å². The molecule has 0 unspecified atom stereocenters. The number of para-hydroxylation sites is 1. The predicted molar refractivity (Wildman–Crippen MR) is 113 cm³/mol. The van der Waals surface area contributed by atoms with Gasteiger partial charge in [0.25, 0.3) is 0 Å². The highest BCUT2D eigenvalue weighted by Crippen LogP contribution is 2.35. The fraction of sp³-hybridized carbons (Fsp3) is 0.0455. The van der Waals surface area contributed by atoms with Crippen molar-refractivity contribution in [3.05, 3.63) is 83.0 Å². The number of benzene rings is 3. The lowest BCUT2D eigenvalue weighted by atomic mass is 10.1. The number of hydrogen-bond donors (Lipinski definition) is 1. The molecule has 4 nitrogen and oxygen atoms in total. The minimum atomic E-state index is 0.0763. The van der Waals surface area contributed by atoms with E-state index in [1.807, 2.05) is 47.3 Å². The zero-order valence-corrected chi connectivity index (χ0v) is 16.2. The summed E-state index contributed by atoms with van der Waals surface area (Å²) in [4.78, 5) is 0. The number of nitrogens with zero attached hydrogens (tertiary/aromatic N) is 2. The Balaban J connectivity index is 1.79. The first-order chi connectivity index (χ1) is 13.2. The highest BCUT2D eigenvalue weighted by Gasteiger charge is 2.10. The molecule has 0 aliphatic heterocycles. The molecule has 5 heteroatoms. The number of aromatic hydroxyl groups is 1. The molecule has 4 aromatic rings. The fourth-order valence-electron chi connectivity index (χ4n) is 3.06. The maximum absolute atomic E-state index is 9.96. The molecule has 0 amide bonds. The van der Waals surface area contributed by atoms with E-state index in [-0.39, 0.29) is 5.75 Å². The van der Waals surface area contributed by atoms with Crippen molar-refractivity contribution in [1.82, 2.24) is 4.68 Å². The van der Waals surface area contributed by atoms with E-state index in [1.165, 1.54) is 7.11 Å². The van der Waals surface area contributed by atoms with Gasteiger partial charge < -0.3 is 9.84 Å². The third-order valence-electron chi connectivity index (χ3n) is 4.38. The Bertz CT molecular complexity index is 1130. The van der Waals surface area contributed by atoms with E-state index in [2.05, 4.69) is 39.2 Å². The second-order valence-corrected chi connectivity index (χ2v) is 6.92. The fourth-order valence-corrected chi connectivity index (χ4v) is 3.52. The van der Waals surface area contributed by atoms with Crippen LogP contribution in [0.15, 0.2) is 82.5 Å². The first-order valence-corrected chi connectivity index (χ1v) is 9.23. The van der Waals surface area contributed by atoms with Crippen LogP contribution in [-0.2, 0) is 0 Å². The number of hydrogen-bond acceptors (Lipinski definition) is 3. The van der Waals surface area contributed by atoms with E-state index in [0.717, 1.165) is 27.6 Å². The molecule has 0 saturated heterocycles. The second-order valence-electron chi connectivity index (χ2n) is 6.07. The molecule has 1 heterocycles. The van der Waals surface area contributed by atoms with Crippen LogP contribution < -0.4 is 4.74 Å². The van der Waals surface area contributed by atoms with E-state index in [9.17, 15) is 5.11 Å². The van der Waals surface area contributed by atoms with Crippen LogP contribution in [0.25, 0.3) is 22.0 Å². The molecule has 3 aromatic carbocycles. The lowest BCUT2D eigenvalue weighted by Crippen LogP contribution is -1.91. The minimum absolute atomic E-state index is 0.0763. The summed E-state index contributed by atoms with van der Waals surface area (Å²) in [5.41, 5.74) is 4.12. The summed E-state index contributed by atoms with van der Waals surface area (Å²) in [5.74, 6) is 0.473. The number of ether oxygens (including phenoxy) is 1. The van der Waals surface area contributed by atoms with Crippen molar-refractivity contribution in [3.8, 4) is 22.6 Å². The van der Waals surface area contributed by atoms with Gasteiger partial charge in [-0.1, -0.05) is 48.5 Å². The van der Waals surface area contributed by atoms with Crippen LogP contribution in [-0.4, -0.2) is 23.1 Å². The predicted octanol–water partition coefficient (Wildman–Crippen LogP) is 5.67. The zero-order chi connectivity index (χ0) is 18.8. The highest BCUT2D eigenvalue weighted by molar-refractivity contribution is 9.10. The molecular weight excluding hydrogens is 404 g/mol. The Hall–Kier alpha value is -3.05. The summed E-state index contributed by atoms with van der Waals surface area (Å²) in [6.07, 6.45) is 3.77. The molecule has 0 aliphatic carbocycles. The smallest absolute Gasteiger partial charge is 0.172 e. The maximum Gasteiger partial charge on any atom is 0.172 e. The molecule has 0 atom stereocenters. The van der Waals surface area contributed by atoms with Crippen LogP contribution in [0.3, 0.4) is 0 Å². The van der Waals surface area contributed by atoms with Crippen LogP contribution >= 0.6 is 15.9 Å². The van der Waals surface area contributed by atoms with Gasteiger partial charge in [0.2, 0.25) is 0 Å². The Morgan fingerprint density at radius 3 is 2.56 bits per heavy atom. The van der Waals surface area contributed by atoms with Crippen molar-refractivity contribution in [1.29, 1.82) is 0 Å². The molecule has 4 rings (SSSR count). The van der Waals surface area contributed by atoms with E-state index in [4.69, 9.17) is 4.74 Å². The van der Waals surface area contributed by atoms with Gasteiger partial charge in [-0.15, -0.1) is 0 Å². The first-order valence-electron chi connectivity index (χ1n) is 8.44. The average Bonchev–Trinajstić information content (AvgIpc) is 3.08. The molecule has 134 valence electrons. The summed E-state index contributed by atoms with van der Waals surface area (Å²) in [7, 11) is 1.52. The van der Waals surface area contributed by atoms with Gasteiger partial charge in [-0.3, -0.25) is 0 Å². The lowest BCUT2D eigenvalue weighted by Gasteiger charge is -2.06. The van der Waals surface area contributed by atoms with E-state index >= 15 is 0 Å². The molecule has 0 saturated carbocycles. The normalized spacial score (nSPS) is 11.3. The monoisotopic (exact) mass is 420 g/mol. The third-order valence-corrected chi connectivity index (χ3v) is 4.98. The number of phenols is 1. The van der Waals surface area contributed by atoms with Gasteiger partial charge in [-0.25, -0.2) is 4.68 Å². The van der Waals surface area contributed by atoms with Gasteiger partial charge in [0, 0.05) is 17.1 Å². The number of halogens is 1. The van der Waals surface area contributed by atoms with Gasteiger partial charge >= 0.3 is 0 Å². The number of aromatic nitrogens is 1.